The van der Waals surface area contributed by atoms with Crippen LogP contribution in [0.3, 0.4) is 0 Å². The van der Waals surface area contributed by atoms with Crippen molar-refractivity contribution in [2.45, 2.75) is 20.1 Å². The van der Waals surface area contributed by atoms with Crippen LogP contribution in [0.15, 0.2) is 36.5 Å². The number of carbonyl (C=O) groups excluding carboxylic acids is 1. The number of fused-ring (bicyclic) bond motifs is 1. The molecular weight excluding hydrogens is 306 g/mol. The SMILES string of the molecule is Cc1nn(C)c2ncc(NC(=O)NCc3ccccc3CO)cc12. The number of anilines is 1. The van der Waals surface area contributed by atoms with Crippen LogP contribution < -0.4 is 10.6 Å². The van der Waals surface area contributed by atoms with Crippen LogP contribution in [0.25, 0.3) is 11.0 Å². The molecule has 3 N–H and O–H groups in total. The highest BCUT2D eigenvalue weighted by molar-refractivity contribution is 5.92. The van der Waals surface area contributed by atoms with E-state index in [9.17, 15) is 9.90 Å². The highest BCUT2D eigenvalue weighted by Gasteiger charge is 2.09. The van der Waals surface area contributed by atoms with Crippen LogP contribution in [0, 0.1) is 6.92 Å². The van der Waals surface area contributed by atoms with E-state index in [1.807, 2.05) is 44.3 Å². The Morgan fingerprint density at radius 3 is 2.79 bits per heavy atom. The number of carbonyl (C=O) groups is 1. The van der Waals surface area contributed by atoms with Gasteiger partial charge in [0.25, 0.3) is 0 Å². The van der Waals surface area contributed by atoms with Gasteiger partial charge in [-0.3, -0.25) is 4.68 Å². The minimum absolute atomic E-state index is 0.0552. The first-order valence-electron chi connectivity index (χ1n) is 7.60. The maximum atomic E-state index is 12.1. The van der Waals surface area contributed by atoms with Gasteiger partial charge in [0.05, 0.1) is 24.2 Å². The first kappa shape index (κ1) is 15.9. The molecular formula is C17H19N5O2. The standard InChI is InChI=1S/C17H19N5O2/c1-11-15-7-14(9-18-16(15)22(2)21-11)20-17(24)19-8-12-5-3-4-6-13(12)10-23/h3-7,9,23H,8,10H2,1-2H3,(H2,19,20,24). The summed E-state index contributed by atoms with van der Waals surface area (Å²) in [5, 5.41) is 20.1. The average molecular weight is 325 g/mol. The molecule has 24 heavy (non-hydrogen) atoms. The molecule has 0 atom stereocenters. The first-order valence-corrected chi connectivity index (χ1v) is 7.60. The van der Waals surface area contributed by atoms with Gasteiger partial charge in [0.2, 0.25) is 0 Å². The van der Waals surface area contributed by atoms with Crippen molar-refractivity contribution in [3.63, 3.8) is 0 Å². The number of aliphatic hydroxyl groups excluding tert-OH is 1. The molecule has 3 rings (SSSR count). The third-order valence-electron chi connectivity index (χ3n) is 3.85. The summed E-state index contributed by atoms with van der Waals surface area (Å²) in [6, 6.07) is 8.96. The second-order valence-corrected chi connectivity index (χ2v) is 5.54. The van der Waals surface area contributed by atoms with Crippen molar-refractivity contribution >= 4 is 22.8 Å². The number of hydrogen-bond acceptors (Lipinski definition) is 4. The number of benzene rings is 1. The summed E-state index contributed by atoms with van der Waals surface area (Å²) in [6.45, 7) is 2.18. The number of urea groups is 1. The molecule has 7 nitrogen and oxygen atoms in total. The Labute approximate surface area is 139 Å². The highest BCUT2D eigenvalue weighted by Crippen LogP contribution is 2.19. The summed E-state index contributed by atoms with van der Waals surface area (Å²) in [4.78, 5) is 16.4. The zero-order valence-electron chi connectivity index (χ0n) is 13.6. The zero-order chi connectivity index (χ0) is 17.1. The molecule has 0 saturated carbocycles. The Morgan fingerprint density at radius 2 is 2.04 bits per heavy atom. The van der Waals surface area contributed by atoms with Crippen molar-refractivity contribution in [1.82, 2.24) is 20.1 Å². The lowest BCUT2D eigenvalue weighted by Crippen LogP contribution is -2.28. The summed E-state index contributed by atoms with van der Waals surface area (Å²) < 4.78 is 1.71. The van der Waals surface area contributed by atoms with Crippen LogP contribution in [-0.4, -0.2) is 25.9 Å². The quantitative estimate of drug-likeness (QED) is 0.685. The zero-order valence-corrected chi connectivity index (χ0v) is 13.6. The van der Waals surface area contributed by atoms with Gasteiger partial charge in [0.15, 0.2) is 5.65 Å². The number of hydrogen-bond donors (Lipinski definition) is 3. The minimum Gasteiger partial charge on any atom is -0.392 e. The number of aliphatic hydroxyl groups is 1. The van der Waals surface area contributed by atoms with E-state index < -0.39 is 0 Å². The van der Waals surface area contributed by atoms with Gasteiger partial charge in [-0.1, -0.05) is 24.3 Å². The van der Waals surface area contributed by atoms with Gasteiger partial charge >= 0.3 is 6.03 Å². The predicted molar refractivity (Wildman–Crippen MR) is 91.5 cm³/mol. The summed E-state index contributed by atoms with van der Waals surface area (Å²) in [6.07, 6.45) is 1.60. The maximum absolute atomic E-state index is 12.1. The Bertz CT molecular complexity index is 888. The molecule has 7 heteroatoms. The number of pyridine rings is 1. The lowest BCUT2D eigenvalue weighted by Gasteiger charge is -2.10. The van der Waals surface area contributed by atoms with Gasteiger partial charge in [-0.2, -0.15) is 5.10 Å². The van der Waals surface area contributed by atoms with Gasteiger partial charge < -0.3 is 15.7 Å². The summed E-state index contributed by atoms with van der Waals surface area (Å²) in [7, 11) is 1.83. The molecule has 0 unspecified atom stereocenters. The van der Waals surface area contributed by atoms with Crippen LogP contribution in [0.2, 0.25) is 0 Å². The molecule has 0 aliphatic carbocycles. The third kappa shape index (κ3) is 3.21. The lowest BCUT2D eigenvalue weighted by molar-refractivity contribution is 0.251. The fraction of sp³-hybridized carbons (Fsp3) is 0.235. The summed E-state index contributed by atoms with van der Waals surface area (Å²) >= 11 is 0. The van der Waals surface area contributed by atoms with Crippen LogP contribution in [0.1, 0.15) is 16.8 Å². The molecule has 0 aliphatic rings. The van der Waals surface area contributed by atoms with Gasteiger partial charge in [-0.15, -0.1) is 0 Å². The lowest BCUT2D eigenvalue weighted by atomic mass is 10.1. The molecule has 0 spiro atoms. The van der Waals surface area contributed by atoms with Crippen molar-refractivity contribution in [3.8, 4) is 0 Å². The van der Waals surface area contributed by atoms with Crippen LogP contribution in [-0.2, 0) is 20.2 Å². The summed E-state index contributed by atoms with van der Waals surface area (Å²) in [5.41, 5.74) is 3.92. The number of rotatable bonds is 4. The second kappa shape index (κ2) is 6.67. The molecule has 0 aliphatic heterocycles. The smallest absolute Gasteiger partial charge is 0.319 e. The van der Waals surface area contributed by atoms with Gasteiger partial charge in [-0.05, 0) is 24.1 Å². The van der Waals surface area contributed by atoms with E-state index in [2.05, 4.69) is 20.7 Å². The van der Waals surface area contributed by atoms with E-state index in [4.69, 9.17) is 0 Å². The fourth-order valence-corrected chi connectivity index (χ4v) is 2.61. The Morgan fingerprint density at radius 1 is 1.29 bits per heavy atom. The van der Waals surface area contributed by atoms with Crippen LogP contribution in [0.4, 0.5) is 10.5 Å². The number of amides is 2. The van der Waals surface area contributed by atoms with Crippen LogP contribution in [0.5, 0.6) is 0 Å². The largest absolute Gasteiger partial charge is 0.392 e. The molecule has 124 valence electrons. The number of nitrogens with one attached hydrogen (secondary N) is 2. The monoisotopic (exact) mass is 325 g/mol. The molecule has 2 heterocycles. The average Bonchev–Trinajstić information content (AvgIpc) is 2.87. The molecule has 2 amide bonds. The minimum atomic E-state index is -0.328. The van der Waals surface area contributed by atoms with E-state index >= 15 is 0 Å². The Hall–Kier alpha value is -2.93. The fourth-order valence-electron chi connectivity index (χ4n) is 2.61. The van der Waals surface area contributed by atoms with Gasteiger partial charge in [0, 0.05) is 19.0 Å². The Kier molecular flexibility index (Phi) is 4.43. The molecule has 0 bridgehead atoms. The molecule has 3 aromatic rings. The molecule has 1 aromatic carbocycles. The normalized spacial score (nSPS) is 10.8. The third-order valence-corrected chi connectivity index (χ3v) is 3.85. The van der Waals surface area contributed by atoms with Gasteiger partial charge in [0.1, 0.15) is 0 Å². The second-order valence-electron chi connectivity index (χ2n) is 5.54. The highest BCUT2D eigenvalue weighted by atomic mass is 16.3. The van der Waals surface area contributed by atoms with Crippen molar-refractivity contribution in [2.75, 3.05) is 5.32 Å². The maximum Gasteiger partial charge on any atom is 0.319 e. The van der Waals surface area contributed by atoms with Crippen molar-refractivity contribution in [2.24, 2.45) is 7.05 Å². The van der Waals surface area contributed by atoms with E-state index in [0.29, 0.717) is 12.2 Å². The van der Waals surface area contributed by atoms with E-state index in [-0.39, 0.29) is 12.6 Å². The Balaban J connectivity index is 1.67. The molecule has 0 radical (unpaired) electrons. The molecule has 2 aromatic heterocycles. The van der Waals surface area contributed by atoms with E-state index in [0.717, 1.165) is 27.9 Å². The number of nitrogens with zero attached hydrogens (tertiary/aromatic N) is 3. The van der Waals surface area contributed by atoms with Gasteiger partial charge in [-0.25, -0.2) is 9.78 Å². The summed E-state index contributed by atoms with van der Waals surface area (Å²) in [5.74, 6) is 0. The number of aromatic nitrogens is 3. The van der Waals surface area contributed by atoms with E-state index in [1.54, 1.807) is 10.9 Å². The van der Waals surface area contributed by atoms with Crippen molar-refractivity contribution < 1.29 is 9.90 Å². The van der Waals surface area contributed by atoms with Crippen LogP contribution >= 0.6 is 0 Å². The topological polar surface area (TPSA) is 92.1 Å². The first-order chi connectivity index (χ1) is 11.6. The molecule has 0 saturated heterocycles. The van der Waals surface area contributed by atoms with Crippen molar-refractivity contribution in [1.29, 1.82) is 0 Å². The van der Waals surface area contributed by atoms with Crippen molar-refractivity contribution in [3.05, 3.63) is 53.3 Å². The molecule has 0 fully saturated rings. The number of aryl methyl sites for hydroxylation is 2. The van der Waals surface area contributed by atoms with E-state index in [1.165, 1.54) is 0 Å². The predicted octanol–water partition coefficient (Wildman–Crippen LogP) is 2.09.